The summed E-state index contributed by atoms with van der Waals surface area (Å²) >= 11 is 0.976. The molecule has 9 nitrogen and oxygen atoms in total. The topological polar surface area (TPSA) is 144 Å². The summed E-state index contributed by atoms with van der Waals surface area (Å²) < 4.78 is 0. The second kappa shape index (κ2) is 9.00. The SMILES string of the molecule is CC(=O)Nc1ccc(NC(=O)CSc2ccc(C(N)=O)cc2[N+](=O)[O-])cc1C. The number of amides is 3. The van der Waals surface area contributed by atoms with Crippen LogP contribution in [0.1, 0.15) is 22.8 Å². The Labute approximate surface area is 164 Å². The predicted octanol–water partition coefficient (Wildman–Crippen LogP) is 2.69. The molecule has 0 aliphatic rings. The molecular weight excluding hydrogens is 384 g/mol. The minimum Gasteiger partial charge on any atom is -0.366 e. The Balaban J connectivity index is 2.04. The van der Waals surface area contributed by atoms with Crippen LogP contribution < -0.4 is 16.4 Å². The molecule has 0 unspecified atom stereocenters. The largest absolute Gasteiger partial charge is 0.366 e. The van der Waals surface area contributed by atoms with Gasteiger partial charge < -0.3 is 16.4 Å². The molecule has 0 aliphatic carbocycles. The summed E-state index contributed by atoms with van der Waals surface area (Å²) in [6, 6.07) is 8.88. The average molecular weight is 402 g/mol. The summed E-state index contributed by atoms with van der Waals surface area (Å²) in [6.45, 7) is 3.20. The number of rotatable bonds is 7. The number of nitrogens with one attached hydrogen (secondary N) is 2. The van der Waals surface area contributed by atoms with Crippen LogP contribution in [0.2, 0.25) is 0 Å². The van der Waals surface area contributed by atoms with Gasteiger partial charge in [0.2, 0.25) is 17.7 Å². The van der Waals surface area contributed by atoms with Crippen molar-refractivity contribution >= 4 is 46.5 Å². The molecule has 28 heavy (non-hydrogen) atoms. The van der Waals surface area contributed by atoms with E-state index in [0.717, 1.165) is 23.4 Å². The first kappa shape index (κ1) is 20.9. The smallest absolute Gasteiger partial charge is 0.283 e. The van der Waals surface area contributed by atoms with E-state index in [1.165, 1.54) is 19.1 Å². The fraction of sp³-hybridized carbons (Fsp3) is 0.167. The number of nitro benzene ring substituents is 1. The first-order valence-electron chi connectivity index (χ1n) is 8.06. The molecule has 0 fully saturated rings. The minimum atomic E-state index is -0.768. The molecular formula is C18H18N4O5S. The molecule has 0 bridgehead atoms. The molecule has 0 atom stereocenters. The summed E-state index contributed by atoms with van der Waals surface area (Å²) in [6.07, 6.45) is 0. The zero-order chi connectivity index (χ0) is 20.8. The van der Waals surface area contributed by atoms with Crippen LogP contribution in [0.5, 0.6) is 0 Å². The number of nitrogens with two attached hydrogens (primary N) is 1. The van der Waals surface area contributed by atoms with Crippen LogP contribution in [-0.4, -0.2) is 28.4 Å². The number of carbonyl (C=O) groups excluding carboxylic acids is 3. The molecule has 3 amide bonds. The van der Waals surface area contributed by atoms with E-state index in [1.54, 1.807) is 25.1 Å². The van der Waals surface area contributed by atoms with E-state index >= 15 is 0 Å². The third kappa shape index (κ3) is 5.55. The molecule has 0 spiro atoms. The zero-order valence-electron chi connectivity index (χ0n) is 15.1. The van der Waals surface area contributed by atoms with Crippen LogP contribution in [0.25, 0.3) is 0 Å². The molecule has 0 radical (unpaired) electrons. The highest BCUT2D eigenvalue weighted by molar-refractivity contribution is 8.00. The minimum absolute atomic E-state index is 0.0234. The van der Waals surface area contributed by atoms with Gasteiger partial charge in [0.05, 0.1) is 15.6 Å². The molecule has 0 saturated heterocycles. The number of nitrogens with zero attached hydrogens (tertiary/aromatic N) is 1. The van der Waals surface area contributed by atoms with Gasteiger partial charge in [-0.05, 0) is 42.8 Å². The maximum atomic E-state index is 12.2. The fourth-order valence-corrected chi connectivity index (χ4v) is 3.15. The molecule has 2 rings (SSSR count). The van der Waals surface area contributed by atoms with Gasteiger partial charge in [-0.25, -0.2) is 0 Å². The van der Waals surface area contributed by atoms with Crippen molar-refractivity contribution in [1.82, 2.24) is 0 Å². The standard InChI is InChI=1S/C18H18N4O5S/c1-10-7-13(4-5-14(10)20-11(2)23)21-17(24)9-28-16-6-3-12(18(19)25)8-15(16)22(26)27/h3-8H,9H2,1-2H3,(H2,19,25)(H,20,23)(H,21,24). The third-order valence-electron chi connectivity index (χ3n) is 3.62. The number of aryl methyl sites for hydroxylation is 1. The molecule has 0 saturated carbocycles. The van der Waals surface area contributed by atoms with Gasteiger partial charge in [-0.3, -0.25) is 24.5 Å². The molecule has 10 heteroatoms. The number of thioether (sulfide) groups is 1. The maximum Gasteiger partial charge on any atom is 0.283 e. The highest BCUT2D eigenvalue weighted by atomic mass is 32.2. The van der Waals surface area contributed by atoms with Crippen LogP contribution in [-0.2, 0) is 9.59 Å². The lowest BCUT2D eigenvalue weighted by Crippen LogP contribution is -2.15. The molecule has 2 aromatic rings. The van der Waals surface area contributed by atoms with Gasteiger partial charge in [-0.1, -0.05) is 0 Å². The number of hydrogen-bond donors (Lipinski definition) is 3. The monoisotopic (exact) mass is 402 g/mol. The van der Waals surface area contributed by atoms with Crippen molar-refractivity contribution in [3.8, 4) is 0 Å². The fourth-order valence-electron chi connectivity index (χ4n) is 2.35. The Morgan fingerprint density at radius 3 is 2.43 bits per heavy atom. The lowest BCUT2D eigenvalue weighted by atomic mass is 10.1. The first-order chi connectivity index (χ1) is 13.2. The normalized spacial score (nSPS) is 10.2. The van der Waals surface area contributed by atoms with Crippen LogP contribution >= 0.6 is 11.8 Å². The van der Waals surface area contributed by atoms with Crippen molar-refractivity contribution in [3.05, 3.63) is 57.6 Å². The first-order valence-corrected chi connectivity index (χ1v) is 9.05. The number of hydrogen-bond acceptors (Lipinski definition) is 6. The summed E-state index contributed by atoms with van der Waals surface area (Å²) in [4.78, 5) is 45.3. The second-order valence-corrected chi connectivity index (χ2v) is 6.87. The van der Waals surface area contributed by atoms with Crippen molar-refractivity contribution in [2.75, 3.05) is 16.4 Å². The van der Waals surface area contributed by atoms with Gasteiger partial charge in [0, 0.05) is 29.9 Å². The summed E-state index contributed by atoms with van der Waals surface area (Å²) in [5.74, 6) is -1.39. The van der Waals surface area contributed by atoms with Gasteiger partial charge in [0.1, 0.15) is 0 Å². The van der Waals surface area contributed by atoms with Crippen LogP contribution in [0.3, 0.4) is 0 Å². The van der Waals surface area contributed by atoms with E-state index in [4.69, 9.17) is 5.73 Å². The molecule has 4 N–H and O–H groups in total. The zero-order valence-corrected chi connectivity index (χ0v) is 16.0. The maximum absolute atomic E-state index is 12.2. The lowest BCUT2D eigenvalue weighted by Gasteiger charge is -2.10. The Morgan fingerprint density at radius 1 is 1.14 bits per heavy atom. The number of nitro groups is 1. The van der Waals surface area contributed by atoms with Crippen molar-refractivity contribution in [3.63, 3.8) is 0 Å². The van der Waals surface area contributed by atoms with Crippen molar-refractivity contribution < 1.29 is 19.3 Å². The molecule has 0 aliphatic heterocycles. The second-order valence-electron chi connectivity index (χ2n) is 5.85. The predicted molar refractivity (Wildman–Crippen MR) is 106 cm³/mol. The van der Waals surface area contributed by atoms with Gasteiger partial charge in [-0.2, -0.15) is 0 Å². The Kier molecular flexibility index (Phi) is 6.72. The number of primary amides is 1. The Hall–Kier alpha value is -3.40. The average Bonchev–Trinajstić information content (AvgIpc) is 2.61. The van der Waals surface area contributed by atoms with Crippen molar-refractivity contribution in [2.24, 2.45) is 5.73 Å². The highest BCUT2D eigenvalue weighted by Gasteiger charge is 2.18. The quantitative estimate of drug-likeness (QED) is 0.369. The van der Waals surface area contributed by atoms with Gasteiger partial charge in [0.15, 0.2) is 0 Å². The van der Waals surface area contributed by atoms with Crippen LogP contribution in [0.4, 0.5) is 17.1 Å². The molecule has 146 valence electrons. The summed E-state index contributed by atoms with van der Waals surface area (Å²) in [5, 5.41) is 16.6. The van der Waals surface area contributed by atoms with E-state index < -0.39 is 10.8 Å². The third-order valence-corrected chi connectivity index (χ3v) is 4.68. The molecule has 2 aromatic carbocycles. The van der Waals surface area contributed by atoms with E-state index in [-0.39, 0.29) is 33.7 Å². The number of benzene rings is 2. The van der Waals surface area contributed by atoms with Crippen LogP contribution in [0.15, 0.2) is 41.3 Å². The lowest BCUT2D eigenvalue weighted by molar-refractivity contribution is -0.387. The van der Waals surface area contributed by atoms with Crippen molar-refractivity contribution in [1.29, 1.82) is 0 Å². The van der Waals surface area contributed by atoms with E-state index in [0.29, 0.717) is 11.4 Å². The number of carbonyl (C=O) groups is 3. The molecule has 0 aromatic heterocycles. The van der Waals surface area contributed by atoms with Crippen molar-refractivity contribution in [2.45, 2.75) is 18.7 Å². The van der Waals surface area contributed by atoms with E-state index in [1.807, 2.05) is 0 Å². The highest BCUT2D eigenvalue weighted by Crippen LogP contribution is 2.30. The molecule has 0 heterocycles. The number of anilines is 2. The van der Waals surface area contributed by atoms with Gasteiger partial charge in [-0.15, -0.1) is 11.8 Å². The van der Waals surface area contributed by atoms with E-state index in [9.17, 15) is 24.5 Å². The van der Waals surface area contributed by atoms with E-state index in [2.05, 4.69) is 10.6 Å². The van der Waals surface area contributed by atoms with Gasteiger partial charge >= 0.3 is 0 Å². The van der Waals surface area contributed by atoms with Crippen LogP contribution in [0, 0.1) is 17.0 Å². The summed E-state index contributed by atoms with van der Waals surface area (Å²) in [7, 11) is 0. The van der Waals surface area contributed by atoms with Gasteiger partial charge in [0.25, 0.3) is 5.69 Å². The Bertz CT molecular complexity index is 961. The Morgan fingerprint density at radius 2 is 1.86 bits per heavy atom. The summed E-state index contributed by atoms with van der Waals surface area (Å²) in [5.41, 5.74) is 6.83.